The molecule has 43 heavy (non-hydrogen) atoms. The van der Waals surface area contributed by atoms with E-state index in [9.17, 15) is 4.79 Å². The Morgan fingerprint density at radius 3 is 1.40 bits per heavy atom. The third kappa shape index (κ3) is 9.19. The van der Waals surface area contributed by atoms with E-state index in [0.29, 0.717) is 13.0 Å². The Kier molecular flexibility index (Phi) is 11.3. The number of carbonyl (C=O) groups is 1. The molecule has 5 aromatic rings. The van der Waals surface area contributed by atoms with Crippen LogP contribution in [-0.2, 0) is 29.0 Å². The number of nitrogens with zero attached hydrogens (tertiary/aromatic N) is 2. The molecule has 0 fully saturated rings. The van der Waals surface area contributed by atoms with E-state index in [0.717, 1.165) is 51.3 Å². The quantitative estimate of drug-likeness (QED) is 0.153. The second-order valence-electron chi connectivity index (χ2n) is 9.81. The Hall–Kier alpha value is -4.61. The van der Waals surface area contributed by atoms with Crippen molar-refractivity contribution in [3.8, 4) is 0 Å². The molecule has 0 saturated carbocycles. The maximum atomic E-state index is 10.4. The normalized spacial score (nSPS) is 11.0. The van der Waals surface area contributed by atoms with Gasteiger partial charge in [0.15, 0.2) is 0 Å². The van der Waals surface area contributed by atoms with Gasteiger partial charge in [0.2, 0.25) is 0 Å². The molecule has 3 aromatic heterocycles. The van der Waals surface area contributed by atoms with Gasteiger partial charge >= 0.3 is 5.97 Å². The van der Waals surface area contributed by atoms with E-state index in [1.54, 1.807) is 0 Å². The van der Waals surface area contributed by atoms with Gasteiger partial charge in [-0.15, -0.1) is 0 Å². The third-order valence-electron chi connectivity index (χ3n) is 6.46. The number of nitrogens with one attached hydrogen (secondary N) is 2. The van der Waals surface area contributed by atoms with Gasteiger partial charge < -0.3 is 14.7 Å². The fourth-order valence-corrected chi connectivity index (χ4v) is 4.51. The molecule has 0 radical (unpaired) electrons. The van der Waals surface area contributed by atoms with Crippen LogP contribution < -0.4 is 0 Å². The van der Waals surface area contributed by atoms with E-state index < -0.39 is 0 Å². The van der Waals surface area contributed by atoms with Crippen molar-refractivity contribution in [3.63, 3.8) is 0 Å². The van der Waals surface area contributed by atoms with E-state index in [-0.39, 0.29) is 25.4 Å². The zero-order valence-electron chi connectivity index (χ0n) is 24.6. The molecule has 0 aliphatic carbocycles. The number of rotatable bonds is 3. The summed E-state index contributed by atoms with van der Waals surface area (Å²) >= 11 is 0. The van der Waals surface area contributed by atoms with Gasteiger partial charge in [0, 0.05) is 48.0 Å². The molecule has 8 bridgehead atoms. The number of ether oxygens (including phenoxy) is 1. The summed E-state index contributed by atoms with van der Waals surface area (Å²) in [6.45, 7) is 4.27. The monoisotopic (exact) mass is 618 g/mol. The van der Waals surface area contributed by atoms with Crippen molar-refractivity contribution in [2.24, 2.45) is 0 Å². The second-order valence-corrected chi connectivity index (χ2v) is 9.81. The number of carbonyl (C=O) groups excluding carboxylic acids is 1. The molecule has 7 heteroatoms. The van der Waals surface area contributed by atoms with Crippen LogP contribution in [0.2, 0.25) is 0 Å². The molecule has 0 spiro atoms. The van der Waals surface area contributed by atoms with Crippen LogP contribution in [0.4, 0.5) is 0 Å². The first-order chi connectivity index (χ1) is 20.6. The second kappa shape index (κ2) is 15.6. The summed E-state index contributed by atoms with van der Waals surface area (Å²) < 4.78 is 4.64. The molecule has 0 saturated heterocycles. The maximum absolute atomic E-state index is 10.4. The van der Waals surface area contributed by atoms with E-state index in [2.05, 4.69) is 104 Å². The van der Waals surface area contributed by atoms with Crippen LogP contribution in [0.3, 0.4) is 0 Å². The van der Waals surface area contributed by atoms with Crippen LogP contribution in [0.15, 0.2) is 97.1 Å². The Morgan fingerprint density at radius 1 is 0.605 bits per heavy atom. The van der Waals surface area contributed by atoms with E-state index >= 15 is 0 Å². The number of hydrogen-bond donors (Lipinski definition) is 2. The zero-order valence-corrected chi connectivity index (χ0v) is 27.6. The molecule has 5 heterocycles. The molecular formula is C36H34N4O2Zn. The van der Waals surface area contributed by atoms with Crippen molar-refractivity contribution >= 4 is 63.1 Å². The average molecular weight is 620 g/mol. The summed E-state index contributed by atoms with van der Waals surface area (Å²) in [4.78, 5) is 26.4. The van der Waals surface area contributed by atoms with Crippen LogP contribution in [0.25, 0.3) is 57.1 Å². The van der Waals surface area contributed by atoms with Gasteiger partial charge in [-0.2, -0.15) is 0 Å². The molecule has 0 atom stereocenters. The molecule has 6 nitrogen and oxygen atoms in total. The third-order valence-corrected chi connectivity index (χ3v) is 6.46. The Balaban J connectivity index is 0.000000185. The van der Waals surface area contributed by atoms with Gasteiger partial charge in [-0.1, -0.05) is 55.5 Å². The number of aromatic amines is 2. The molecule has 2 aliphatic rings. The topological polar surface area (TPSA) is 83.7 Å². The first kappa shape index (κ1) is 31.3. The van der Waals surface area contributed by atoms with Crippen LogP contribution in [0.5, 0.6) is 0 Å². The summed E-state index contributed by atoms with van der Waals surface area (Å²) in [6, 6.07) is 33.1. The molecule has 2 N–H and O–H groups in total. The maximum Gasteiger partial charge on any atom is 0.305 e. The Labute approximate surface area is 264 Å². The fraction of sp³-hybridized carbons (Fsp3) is 0.139. The van der Waals surface area contributed by atoms with Gasteiger partial charge in [0.25, 0.3) is 0 Å². The Morgan fingerprint density at radius 2 is 1.00 bits per heavy atom. The first-order valence-electron chi connectivity index (χ1n) is 14.2. The number of esters is 1. The number of fused-ring (bicyclic) bond motifs is 9. The summed E-state index contributed by atoms with van der Waals surface area (Å²) in [7, 11) is 0. The van der Waals surface area contributed by atoms with Crippen LogP contribution in [-0.4, -0.2) is 32.5 Å². The summed E-state index contributed by atoms with van der Waals surface area (Å²) in [5.74, 6) is -0.0880. The summed E-state index contributed by atoms with van der Waals surface area (Å²) in [6.07, 6.45) is 9.47. The van der Waals surface area contributed by atoms with Crippen molar-refractivity contribution < 1.29 is 29.0 Å². The van der Waals surface area contributed by atoms with Gasteiger partial charge in [0.1, 0.15) is 0 Å². The van der Waals surface area contributed by atoms with Crippen molar-refractivity contribution in [3.05, 3.63) is 120 Å². The fourth-order valence-electron chi connectivity index (χ4n) is 4.51. The van der Waals surface area contributed by atoms with Crippen LogP contribution >= 0.6 is 0 Å². The average Bonchev–Trinajstić information content (AvgIpc) is 3.81. The van der Waals surface area contributed by atoms with Crippen molar-refractivity contribution in [2.45, 2.75) is 26.7 Å². The van der Waals surface area contributed by atoms with E-state index in [4.69, 9.17) is 0 Å². The van der Waals surface area contributed by atoms with Gasteiger partial charge in [0.05, 0.1) is 29.4 Å². The molecule has 0 unspecified atom stereocenters. The van der Waals surface area contributed by atoms with Crippen LogP contribution in [0.1, 0.15) is 49.5 Å². The SMILES string of the molecule is C1=Cc2cc3ccc(cc4ccc(cc5nc(cc1n2)C=C5)[nH]4)[nH]3.CCCC(=O)OCC.[Zn].c1ccc2ccccc2c1. The number of H-pyrrole nitrogens is 2. The Bertz CT molecular complexity index is 1740. The molecule has 0 amide bonds. The standard InChI is InChI=1S/C20H14N4.C10H8.C6H12O2.Zn/c1-2-14-10-16-5-6-18(23-16)12-20-8-7-19(24-20)11-17-4-3-15(22-17)9-13(1)21-14;1-2-6-10-8-4-3-7-9(10)5-1;1-3-5-6(7)8-4-2;/h1-12,21-22H;1-8H;3-5H2,1-2H3;. The predicted molar refractivity (Wildman–Crippen MR) is 174 cm³/mol. The molecule has 2 aliphatic heterocycles. The summed E-state index contributed by atoms with van der Waals surface area (Å²) in [5, 5.41) is 2.62. The summed E-state index contributed by atoms with van der Waals surface area (Å²) in [5.41, 5.74) is 7.86. The predicted octanol–water partition coefficient (Wildman–Crippen LogP) is 8.84. The number of aromatic nitrogens is 4. The van der Waals surface area contributed by atoms with E-state index in [1.807, 2.05) is 56.4 Å². The van der Waals surface area contributed by atoms with Gasteiger partial charge in [-0.3, -0.25) is 4.79 Å². The van der Waals surface area contributed by atoms with Crippen molar-refractivity contribution in [1.82, 2.24) is 19.9 Å². The number of benzene rings is 2. The molecule has 7 rings (SSSR count). The van der Waals surface area contributed by atoms with Crippen molar-refractivity contribution in [2.75, 3.05) is 6.61 Å². The number of hydrogen-bond acceptors (Lipinski definition) is 4. The largest absolute Gasteiger partial charge is 0.466 e. The molecular weight excluding hydrogens is 586 g/mol. The smallest absolute Gasteiger partial charge is 0.305 e. The molecule has 2 aromatic carbocycles. The first-order valence-corrected chi connectivity index (χ1v) is 14.2. The van der Waals surface area contributed by atoms with Gasteiger partial charge in [-0.05, 0) is 97.0 Å². The minimum Gasteiger partial charge on any atom is -0.466 e. The minimum atomic E-state index is -0.0880. The van der Waals surface area contributed by atoms with Crippen molar-refractivity contribution in [1.29, 1.82) is 0 Å². The molecule has 212 valence electrons. The van der Waals surface area contributed by atoms with Gasteiger partial charge in [-0.25, -0.2) is 9.97 Å². The van der Waals surface area contributed by atoms with Crippen LogP contribution in [0, 0.1) is 0 Å². The zero-order chi connectivity index (χ0) is 29.1. The minimum absolute atomic E-state index is 0. The van der Waals surface area contributed by atoms with E-state index in [1.165, 1.54) is 10.8 Å².